The first kappa shape index (κ1) is 10.9. The van der Waals surface area contributed by atoms with Crippen molar-refractivity contribution in [3.05, 3.63) is 42.0 Å². The van der Waals surface area contributed by atoms with E-state index < -0.39 is 6.08 Å². The normalized spacial score (nSPS) is 28.3. The number of halogens is 1. The summed E-state index contributed by atoms with van der Waals surface area (Å²) < 4.78 is 12.7. The number of hydrogen-bond acceptors (Lipinski definition) is 7. The van der Waals surface area contributed by atoms with Gasteiger partial charge >= 0.3 is 6.08 Å². The van der Waals surface area contributed by atoms with Crippen LogP contribution in [-0.4, -0.2) is 34.4 Å². The highest BCUT2D eigenvalue weighted by Gasteiger charge is 2.41. The third kappa shape index (κ3) is 1.61. The Morgan fingerprint density at radius 3 is 2.58 bits per heavy atom. The molecular weight excluding hydrogens is 249 g/mol. The number of anilines is 1. The molecule has 19 heavy (non-hydrogen) atoms. The van der Waals surface area contributed by atoms with E-state index in [-0.39, 0.29) is 12.3 Å². The predicted octanol–water partition coefficient (Wildman–Crippen LogP) is -0.586. The summed E-state index contributed by atoms with van der Waals surface area (Å²) in [5, 5.41) is 7.12. The number of fused-ring (bicyclic) bond motifs is 3. The number of nitrogens with zero attached hydrogens (tertiary/aromatic N) is 4. The van der Waals surface area contributed by atoms with Crippen molar-refractivity contribution in [1.29, 1.82) is 0 Å². The van der Waals surface area contributed by atoms with E-state index in [0.29, 0.717) is 5.69 Å². The van der Waals surface area contributed by atoms with Gasteiger partial charge in [0, 0.05) is 30.6 Å². The van der Waals surface area contributed by atoms with Crippen LogP contribution < -0.4 is 21.2 Å². The summed E-state index contributed by atoms with van der Waals surface area (Å²) >= 11 is 0. The molecule has 0 spiro atoms. The number of rotatable bonds is 1. The van der Waals surface area contributed by atoms with E-state index >= 15 is 0 Å². The molecule has 2 atom stereocenters. The Bertz CT molecular complexity index is 581. The zero-order valence-electron chi connectivity index (χ0n) is 10.1. The van der Waals surface area contributed by atoms with Crippen LogP contribution in [0.15, 0.2) is 35.9 Å². The molecule has 4 heterocycles. The zero-order chi connectivity index (χ0) is 13.0. The Kier molecular flexibility index (Phi) is 2.13. The van der Waals surface area contributed by atoms with Gasteiger partial charge in [0.1, 0.15) is 12.3 Å². The maximum absolute atomic E-state index is 12.7. The Balaban J connectivity index is 1.65. The zero-order valence-corrected chi connectivity index (χ0v) is 10.1. The van der Waals surface area contributed by atoms with Crippen LogP contribution in [0.3, 0.4) is 0 Å². The molecule has 1 fully saturated rings. The first-order valence-electron chi connectivity index (χ1n) is 5.92. The molecule has 0 amide bonds. The molecule has 8 heteroatoms. The molecule has 0 bridgehead atoms. The fraction of sp³-hybridized carbons (Fsp3) is 0.273. The van der Waals surface area contributed by atoms with Crippen molar-refractivity contribution in [1.82, 2.24) is 31.1 Å². The lowest BCUT2D eigenvalue weighted by atomic mass is 10.1. The van der Waals surface area contributed by atoms with Crippen molar-refractivity contribution < 1.29 is 4.39 Å². The van der Waals surface area contributed by atoms with Crippen molar-refractivity contribution in [3.8, 4) is 0 Å². The fourth-order valence-electron chi connectivity index (χ4n) is 2.54. The SMILES string of the molecule is CN1C=C2C3=CN(c4cnc(F)nc4)NC3NC2N1. The standard InChI is InChI=1S/C11H12FN7/c1-18-4-7-8-5-19(6-2-13-11(12)14-3-6)17-10(8)15-9(7)16-18/h2-5,9-10,15-17H,1H3. The van der Waals surface area contributed by atoms with Crippen LogP contribution in [0, 0.1) is 6.08 Å². The van der Waals surface area contributed by atoms with Gasteiger partial charge in [0.05, 0.1) is 18.1 Å². The lowest BCUT2D eigenvalue weighted by molar-refractivity contribution is 0.298. The summed E-state index contributed by atoms with van der Waals surface area (Å²) in [5.41, 5.74) is 9.58. The summed E-state index contributed by atoms with van der Waals surface area (Å²) in [6.07, 6.45) is 6.37. The second-order valence-electron chi connectivity index (χ2n) is 4.65. The highest BCUT2D eigenvalue weighted by Crippen LogP contribution is 2.32. The van der Waals surface area contributed by atoms with Gasteiger partial charge in [-0.1, -0.05) is 0 Å². The second kappa shape index (κ2) is 3.73. The molecule has 0 radical (unpaired) electrons. The summed E-state index contributed by atoms with van der Waals surface area (Å²) in [5.74, 6) is 0. The van der Waals surface area contributed by atoms with Crippen molar-refractivity contribution in [2.24, 2.45) is 0 Å². The lowest BCUT2D eigenvalue weighted by Gasteiger charge is -2.21. The van der Waals surface area contributed by atoms with Crippen molar-refractivity contribution in [3.63, 3.8) is 0 Å². The smallest absolute Gasteiger partial charge is 0.308 e. The van der Waals surface area contributed by atoms with Crippen LogP contribution in [0.4, 0.5) is 10.1 Å². The summed E-state index contributed by atoms with van der Waals surface area (Å²) in [6.45, 7) is 0. The van der Waals surface area contributed by atoms with E-state index in [1.165, 1.54) is 18.0 Å². The highest BCUT2D eigenvalue weighted by molar-refractivity contribution is 5.55. The number of hydrazine groups is 2. The molecule has 0 saturated carbocycles. The van der Waals surface area contributed by atoms with Crippen LogP contribution in [0.1, 0.15) is 0 Å². The number of aromatic nitrogens is 2. The highest BCUT2D eigenvalue weighted by atomic mass is 19.1. The summed E-state index contributed by atoms with van der Waals surface area (Å²) in [4.78, 5) is 7.10. The van der Waals surface area contributed by atoms with Gasteiger partial charge < -0.3 is 5.01 Å². The first-order valence-corrected chi connectivity index (χ1v) is 5.92. The minimum Gasteiger partial charge on any atom is -0.317 e. The minimum absolute atomic E-state index is 0.0440. The maximum atomic E-state index is 12.7. The molecule has 98 valence electrons. The van der Waals surface area contributed by atoms with Crippen molar-refractivity contribution >= 4 is 5.69 Å². The van der Waals surface area contributed by atoms with Gasteiger partial charge in [0.25, 0.3) is 0 Å². The van der Waals surface area contributed by atoms with Gasteiger partial charge in [-0.15, -0.1) is 0 Å². The van der Waals surface area contributed by atoms with E-state index in [4.69, 9.17) is 0 Å². The van der Waals surface area contributed by atoms with Crippen LogP contribution in [0.2, 0.25) is 0 Å². The van der Waals surface area contributed by atoms with Crippen LogP contribution in [0.5, 0.6) is 0 Å². The molecule has 1 aromatic rings. The molecule has 1 saturated heterocycles. The van der Waals surface area contributed by atoms with Crippen LogP contribution >= 0.6 is 0 Å². The molecule has 2 unspecified atom stereocenters. The average Bonchev–Trinajstić information content (AvgIpc) is 3.00. The Morgan fingerprint density at radius 2 is 1.79 bits per heavy atom. The predicted molar refractivity (Wildman–Crippen MR) is 65.4 cm³/mol. The van der Waals surface area contributed by atoms with Crippen molar-refractivity contribution in [2.75, 3.05) is 12.1 Å². The molecule has 0 aromatic carbocycles. The largest absolute Gasteiger partial charge is 0.317 e. The number of hydrogen-bond donors (Lipinski definition) is 3. The first-order chi connectivity index (χ1) is 9.20. The number of nitrogens with one attached hydrogen (secondary N) is 3. The Labute approximate surface area is 108 Å². The molecule has 3 aliphatic heterocycles. The molecule has 3 aliphatic rings. The third-order valence-corrected chi connectivity index (χ3v) is 3.38. The van der Waals surface area contributed by atoms with E-state index in [1.807, 2.05) is 18.3 Å². The molecule has 3 N–H and O–H groups in total. The fourth-order valence-corrected chi connectivity index (χ4v) is 2.54. The van der Waals surface area contributed by atoms with E-state index in [0.717, 1.165) is 5.57 Å². The van der Waals surface area contributed by atoms with Crippen molar-refractivity contribution in [2.45, 2.75) is 12.3 Å². The minimum atomic E-state index is -0.724. The van der Waals surface area contributed by atoms with Crippen LogP contribution in [-0.2, 0) is 0 Å². The second-order valence-corrected chi connectivity index (χ2v) is 4.65. The van der Waals surface area contributed by atoms with E-state index in [2.05, 4.69) is 32.3 Å². The molecule has 0 aliphatic carbocycles. The van der Waals surface area contributed by atoms with Gasteiger partial charge in [-0.2, -0.15) is 4.39 Å². The molecule has 4 rings (SSSR count). The summed E-state index contributed by atoms with van der Waals surface area (Å²) in [7, 11) is 1.95. The maximum Gasteiger partial charge on any atom is 0.308 e. The monoisotopic (exact) mass is 261 g/mol. The van der Waals surface area contributed by atoms with Gasteiger partial charge in [-0.05, 0) is 0 Å². The topological polar surface area (TPSA) is 68.4 Å². The Morgan fingerprint density at radius 1 is 1.11 bits per heavy atom. The summed E-state index contributed by atoms with van der Waals surface area (Å²) in [6, 6.07) is 0. The van der Waals surface area contributed by atoms with E-state index in [9.17, 15) is 4.39 Å². The van der Waals surface area contributed by atoms with E-state index in [1.54, 1.807) is 5.01 Å². The average molecular weight is 261 g/mol. The van der Waals surface area contributed by atoms with Gasteiger partial charge in [-0.3, -0.25) is 10.3 Å². The molecule has 1 aromatic heterocycles. The lowest BCUT2D eigenvalue weighted by Crippen LogP contribution is -2.50. The quantitative estimate of drug-likeness (QED) is 0.584. The van der Waals surface area contributed by atoms with Gasteiger partial charge in [-0.25, -0.2) is 20.8 Å². The molecule has 7 nitrogen and oxygen atoms in total. The van der Waals surface area contributed by atoms with Crippen LogP contribution in [0.25, 0.3) is 0 Å². The third-order valence-electron chi connectivity index (χ3n) is 3.38. The van der Waals surface area contributed by atoms with Gasteiger partial charge in [0.15, 0.2) is 0 Å². The molecular formula is C11H12FN7. The Hall–Kier alpha value is -2.03. The van der Waals surface area contributed by atoms with Gasteiger partial charge in [0.2, 0.25) is 0 Å².